The average Bonchev–Trinajstić information content (AvgIpc) is 3.36. The van der Waals surface area contributed by atoms with Crippen molar-refractivity contribution < 1.29 is 9.13 Å². The van der Waals surface area contributed by atoms with Gasteiger partial charge in [-0.1, -0.05) is 30.3 Å². The van der Waals surface area contributed by atoms with E-state index in [9.17, 15) is 4.39 Å². The van der Waals surface area contributed by atoms with Crippen LogP contribution < -0.4 is 4.74 Å². The summed E-state index contributed by atoms with van der Waals surface area (Å²) in [6, 6.07) is 18.8. The van der Waals surface area contributed by atoms with Crippen molar-refractivity contribution in [3.63, 3.8) is 0 Å². The molecule has 0 spiro atoms. The number of likely N-dealkylation sites (tertiary alicyclic amines) is 1. The van der Waals surface area contributed by atoms with Crippen LogP contribution in [0, 0.1) is 5.82 Å². The van der Waals surface area contributed by atoms with E-state index >= 15 is 0 Å². The first-order chi connectivity index (χ1) is 13.3. The molecule has 4 rings (SSSR count). The summed E-state index contributed by atoms with van der Waals surface area (Å²) in [5.74, 6) is 0.862. The SMILES string of the molecule is Fc1ccc(OCc2cc([C@H]3CCN(CCc4ccccc4)C3)n[nH]2)cc1. The molecule has 1 fully saturated rings. The molecule has 1 aromatic heterocycles. The lowest BCUT2D eigenvalue weighted by Crippen LogP contribution is -2.23. The first kappa shape index (κ1) is 17.7. The van der Waals surface area contributed by atoms with Gasteiger partial charge in [0.2, 0.25) is 0 Å². The van der Waals surface area contributed by atoms with Gasteiger partial charge in [0.05, 0.1) is 11.4 Å². The van der Waals surface area contributed by atoms with Gasteiger partial charge in [-0.2, -0.15) is 5.10 Å². The molecule has 0 unspecified atom stereocenters. The molecule has 5 heteroatoms. The molecule has 0 amide bonds. The second kappa shape index (κ2) is 8.35. The van der Waals surface area contributed by atoms with Gasteiger partial charge in [0.1, 0.15) is 18.2 Å². The molecule has 2 aromatic carbocycles. The molecule has 0 aliphatic carbocycles. The van der Waals surface area contributed by atoms with Crippen molar-refractivity contribution in [1.29, 1.82) is 0 Å². The fourth-order valence-corrected chi connectivity index (χ4v) is 3.56. The molecule has 2 heterocycles. The van der Waals surface area contributed by atoms with Crippen LogP contribution in [0.1, 0.15) is 29.3 Å². The number of aromatic nitrogens is 2. The van der Waals surface area contributed by atoms with Crippen molar-refractivity contribution in [2.75, 3.05) is 19.6 Å². The quantitative estimate of drug-likeness (QED) is 0.684. The number of hydrogen-bond donors (Lipinski definition) is 1. The first-order valence-electron chi connectivity index (χ1n) is 9.45. The minimum absolute atomic E-state index is 0.260. The third-order valence-electron chi connectivity index (χ3n) is 5.11. The third kappa shape index (κ3) is 4.74. The van der Waals surface area contributed by atoms with E-state index in [1.54, 1.807) is 12.1 Å². The Morgan fingerprint density at radius 2 is 1.93 bits per heavy atom. The van der Waals surface area contributed by atoms with Crippen LogP contribution in [0.15, 0.2) is 60.7 Å². The fourth-order valence-electron chi connectivity index (χ4n) is 3.56. The predicted molar refractivity (Wildman–Crippen MR) is 103 cm³/mol. The molecule has 1 aliphatic rings. The Morgan fingerprint density at radius 1 is 1.11 bits per heavy atom. The summed E-state index contributed by atoms with van der Waals surface area (Å²) in [5, 5.41) is 7.56. The molecule has 1 saturated heterocycles. The molecule has 1 atom stereocenters. The van der Waals surface area contributed by atoms with Crippen LogP contribution >= 0.6 is 0 Å². The molecule has 27 heavy (non-hydrogen) atoms. The van der Waals surface area contributed by atoms with E-state index < -0.39 is 0 Å². The van der Waals surface area contributed by atoms with Crippen molar-refractivity contribution >= 4 is 0 Å². The van der Waals surface area contributed by atoms with Gasteiger partial charge in [-0.3, -0.25) is 5.10 Å². The maximum atomic E-state index is 12.9. The van der Waals surface area contributed by atoms with E-state index in [-0.39, 0.29) is 5.82 Å². The number of rotatable bonds is 7. The second-order valence-corrected chi connectivity index (χ2v) is 7.08. The van der Waals surface area contributed by atoms with Crippen LogP contribution in [0.3, 0.4) is 0 Å². The van der Waals surface area contributed by atoms with E-state index in [2.05, 4.69) is 51.5 Å². The topological polar surface area (TPSA) is 41.1 Å². The summed E-state index contributed by atoms with van der Waals surface area (Å²) >= 11 is 0. The van der Waals surface area contributed by atoms with Gasteiger partial charge in [-0.05, 0) is 55.3 Å². The Hall–Kier alpha value is -2.66. The van der Waals surface area contributed by atoms with Crippen molar-refractivity contribution in [3.8, 4) is 5.75 Å². The molecule has 3 aromatic rings. The zero-order valence-electron chi connectivity index (χ0n) is 15.3. The number of halogens is 1. The molecule has 0 radical (unpaired) electrons. The summed E-state index contributed by atoms with van der Waals surface area (Å²) in [5.41, 5.74) is 3.44. The zero-order chi connectivity index (χ0) is 18.5. The Bertz CT molecular complexity index is 848. The van der Waals surface area contributed by atoms with Gasteiger partial charge >= 0.3 is 0 Å². The van der Waals surface area contributed by atoms with Crippen LogP contribution in [-0.4, -0.2) is 34.7 Å². The Labute approximate surface area is 159 Å². The second-order valence-electron chi connectivity index (χ2n) is 7.08. The van der Waals surface area contributed by atoms with Crippen molar-refractivity contribution in [1.82, 2.24) is 15.1 Å². The monoisotopic (exact) mass is 365 g/mol. The maximum Gasteiger partial charge on any atom is 0.130 e. The smallest absolute Gasteiger partial charge is 0.130 e. The highest BCUT2D eigenvalue weighted by Crippen LogP contribution is 2.26. The molecular formula is C22H24FN3O. The van der Waals surface area contributed by atoms with E-state index in [4.69, 9.17) is 4.74 Å². The highest BCUT2D eigenvalue weighted by atomic mass is 19.1. The maximum absolute atomic E-state index is 12.9. The Morgan fingerprint density at radius 3 is 2.74 bits per heavy atom. The highest BCUT2D eigenvalue weighted by Gasteiger charge is 2.25. The normalized spacial score (nSPS) is 17.3. The number of nitrogens with one attached hydrogen (secondary N) is 1. The molecule has 1 N–H and O–H groups in total. The zero-order valence-corrected chi connectivity index (χ0v) is 15.3. The van der Waals surface area contributed by atoms with E-state index in [0.29, 0.717) is 18.3 Å². The lowest BCUT2D eigenvalue weighted by Gasteiger charge is -2.15. The molecule has 4 nitrogen and oxygen atoms in total. The summed E-state index contributed by atoms with van der Waals surface area (Å²) in [7, 11) is 0. The summed E-state index contributed by atoms with van der Waals surface area (Å²) in [4.78, 5) is 2.51. The van der Waals surface area contributed by atoms with Gasteiger partial charge < -0.3 is 9.64 Å². The highest BCUT2D eigenvalue weighted by molar-refractivity contribution is 5.23. The van der Waals surface area contributed by atoms with Gasteiger partial charge in [-0.25, -0.2) is 4.39 Å². The number of H-pyrrole nitrogens is 1. The Balaban J connectivity index is 1.26. The van der Waals surface area contributed by atoms with Crippen LogP contribution in [0.5, 0.6) is 5.75 Å². The molecular weight excluding hydrogens is 341 g/mol. The number of nitrogens with zero attached hydrogens (tertiary/aromatic N) is 2. The van der Waals surface area contributed by atoms with Crippen molar-refractivity contribution in [3.05, 3.63) is 83.4 Å². The fraction of sp³-hybridized carbons (Fsp3) is 0.318. The van der Waals surface area contributed by atoms with Crippen LogP contribution in [0.2, 0.25) is 0 Å². The third-order valence-corrected chi connectivity index (χ3v) is 5.11. The summed E-state index contributed by atoms with van der Waals surface area (Å²) in [6.07, 6.45) is 2.22. The first-order valence-corrected chi connectivity index (χ1v) is 9.45. The largest absolute Gasteiger partial charge is 0.487 e. The summed E-state index contributed by atoms with van der Waals surface area (Å²) in [6.45, 7) is 3.66. The van der Waals surface area contributed by atoms with E-state index in [1.807, 2.05) is 0 Å². The molecule has 0 bridgehead atoms. The number of hydrogen-bond acceptors (Lipinski definition) is 3. The van der Waals surface area contributed by atoms with Gasteiger partial charge in [0.25, 0.3) is 0 Å². The van der Waals surface area contributed by atoms with Crippen LogP contribution in [-0.2, 0) is 13.0 Å². The van der Waals surface area contributed by atoms with Gasteiger partial charge in [0.15, 0.2) is 0 Å². The molecule has 1 aliphatic heterocycles. The minimum Gasteiger partial charge on any atom is -0.487 e. The van der Waals surface area contributed by atoms with Crippen LogP contribution in [0.25, 0.3) is 0 Å². The van der Waals surface area contributed by atoms with E-state index in [1.165, 1.54) is 17.7 Å². The van der Waals surface area contributed by atoms with E-state index in [0.717, 1.165) is 43.9 Å². The standard InChI is InChI=1S/C22H24FN3O/c23-19-6-8-21(9-7-19)27-16-20-14-22(25-24-20)18-11-13-26(15-18)12-10-17-4-2-1-3-5-17/h1-9,14,18H,10-13,15-16H2,(H,24,25)/t18-/m0/s1. The number of aromatic amines is 1. The van der Waals surface area contributed by atoms with Gasteiger partial charge in [-0.15, -0.1) is 0 Å². The van der Waals surface area contributed by atoms with Crippen molar-refractivity contribution in [2.24, 2.45) is 0 Å². The molecule has 0 saturated carbocycles. The van der Waals surface area contributed by atoms with Gasteiger partial charge in [0, 0.05) is 19.0 Å². The van der Waals surface area contributed by atoms with Crippen LogP contribution in [0.4, 0.5) is 4.39 Å². The number of benzene rings is 2. The predicted octanol–water partition coefficient (Wildman–Crippen LogP) is 4.16. The number of ether oxygens (including phenoxy) is 1. The summed E-state index contributed by atoms with van der Waals surface area (Å²) < 4.78 is 18.6. The molecule has 140 valence electrons. The Kier molecular flexibility index (Phi) is 5.49. The minimum atomic E-state index is -0.260. The lowest BCUT2D eigenvalue weighted by molar-refractivity contribution is 0.300. The average molecular weight is 365 g/mol. The van der Waals surface area contributed by atoms with Crippen molar-refractivity contribution in [2.45, 2.75) is 25.4 Å². The lowest BCUT2D eigenvalue weighted by atomic mass is 10.1.